The van der Waals surface area contributed by atoms with Crippen LogP contribution in [0.25, 0.3) is 0 Å². The van der Waals surface area contributed by atoms with E-state index >= 15 is 0 Å². The Morgan fingerprint density at radius 3 is 2.62 bits per heavy atom. The van der Waals surface area contributed by atoms with Crippen LogP contribution in [0.15, 0.2) is 24.3 Å². The SMILES string of the molecule is CC(c1cccc(C(F)(F)F)c1)N(C)C(=O)[C@@H]1CCC[C@@H]1CN.Cl. The number of halogens is 4. The van der Waals surface area contributed by atoms with E-state index in [0.29, 0.717) is 12.1 Å². The highest BCUT2D eigenvalue weighted by Crippen LogP contribution is 2.35. The van der Waals surface area contributed by atoms with E-state index in [4.69, 9.17) is 5.73 Å². The molecule has 1 aliphatic rings. The van der Waals surface area contributed by atoms with Crippen molar-refractivity contribution in [3.63, 3.8) is 0 Å². The van der Waals surface area contributed by atoms with E-state index < -0.39 is 17.8 Å². The van der Waals surface area contributed by atoms with Gasteiger partial charge in [0.2, 0.25) is 5.91 Å². The summed E-state index contributed by atoms with van der Waals surface area (Å²) in [6, 6.07) is 4.75. The molecule has 0 radical (unpaired) electrons. The van der Waals surface area contributed by atoms with Gasteiger partial charge in [0.1, 0.15) is 0 Å². The van der Waals surface area contributed by atoms with Crippen LogP contribution in [-0.2, 0) is 11.0 Å². The van der Waals surface area contributed by atoms with Crippen molar-refractivity contribution in [3.05, 3.63) is 35.4 Å². The second kappa shape index (κ2) is 8.21. The molecule has 0 bridgehead atoms. The fourth-order valence-electron chi connectivity index (χ4n) is 3.29. The van der Waals surface area contributed by atoms with E-state index in [2.05, 4.69) is 0 Å². The molecule has 0 aliphatic heterocycles. The molecule has 1 fully saturated rings. The van der Waals surface area contributed by atoms with E-state index in [0.717, 1.165) is 31.4 Å². The number of amides is 1. The third-order valence-electron chi connectivity index (χ3n) is 4.90. The van der Waals surface area contributed by atoms with Crippen molar-refractivity contribution in [2.75, 3.05) is 13.6 Å². The standard InChI is InChI=1S/C17H23F3N2O.ClH/c1-11(12-5-3-7-14(9-12)17(18,19)20)22(2)16(23)15-8-4-6-13(15)10-21;/h3,5,7,9,11,13,15H,4,6,8,10,21H2,1-2H3;1H/t11?,13-,15-;/m1./s1. The molecule has 2 N–H and O–H groups in total. The molecular formula is C17H24ClF3N2O. The van der Waals surface area contributed by atoms with Crippen LogP contribution in [0, 0.1) is 11.8 Å². The van der Waals surface area contributed by atoms with Crippen LogP contribution in [0.2, 0.25) is 0 Å². The first kappa shape index (κ1) is 20.8. The van der Waals surface area contributed by atoms with Gasteiger partial charge >= 0.3 is 6.18 Å². The molecule has 3 atom stereocenters. The molecule has 1 aromatic rings. The molecule has 1 aliphatic carbocycles. The number of nitrogens with two attached hydrogens (primary N) is 1. The minimum Gasteiger partial charge on any atom is -0.339 e. The monoisotopic (exact) mass is 364 g/mol. The van der Waals surface area contributed by atoms with Crippen molar-refractivity contribution < 1.29 is 18.0 Å². The Labute approximate surface area is 146 Å². The Kier molecular flexibility index (Phi) is 7.10. The van der Waals surface area contributed by atoms with Crippen LogP contribution >= 0.6 is 12.4 Å². The summed E-state index contributed by atoms with van der Waals surface area (Å²) in [5.41, 5.74) is 5.51. The van der Waals surface area contributed by atoms with Crippen LogP contribution in [-0.4, -0.2) is 24.4 Å². The Morgan fingerprint density at radius 1 is 1.38 bits per heavy atom. The lowest BCUT2D eigenvalue weighted by Crippen LogP contribution is -2.38. The van der Waals surface area contributed by atoms with Gasteiger partial charge in [-0.3, -0.25) is 4.79 Å². The molecule has 0 spiro atoms. The zero-order valence-electron chi connectivity index (χ0n) is 13.8. The molecule has 0 heterocycles. The lowest BCUT2D eigenvalue weighted by molar-refractivity contribution is -0.137. The summed E-state index contributed by atoms with van der Waals surface area (Å²) in [7, 11) is 1.65. The maximum atomic E-state index is 12.8. The van der Waals surface area contributed by atoms with Crippen molar-refractivity contribution in [2.24, 2.45) is 17.6 Å². The van der Waals surface area contributed by atoms with Crippen molar-refractivity contribution in [3.8, 4) is 0 Å². The summed E-state index contributed by atoms with van der Waals surface area (Å²) >= 11 is 0. The van der Waals surface area contributed by atoms with E-state index in [-0.39, 0.29) is 30.2 Å². The Hall–Kier alpha value is -1.27. The number of nitrogens with zero attached hydrogens (tertiary/aromatic N) is 1. The molecule has 2 rings (SSSR count). The van der Waals surface area contributed by atoms with Crippen molar-refractivity contribution in [2.45, 2.75) is 38.4 Å². The van der Waals surface area contributed by atoms with Crippen molar-refractivity contribution in [1.29, 1.82) is 0 Å². The molecule has 1 aromatic carbocycles. The number of carbonyl (C=O) groups is 1. The fraction of sp³-hybridized carbons (Fsp3) is 0.588. The molecular weight excluding hydrogens is 341 g/mol. The molecule has 1 saturated carbocycles. The maximum Gasteiger partial charge on any atom is 0.416 e. The van der Waals surface area contributed by atoms with Crippen LogP contribution in [0.3, 0.4) is 0 Å². The van der Waals surface area contributed by atoms with Gasteiger partial charge in [-0.1, -0.05) is 18.6 Å². The Morgan fingerprint density at radius 2 is 2.04 bits per heavy atom. The van der Waals surface area contributed by atoms with Gasteiger partial charge in [-0.05, 0) is 49.9 Å². The number of hydrogen-bond acceptors (Lipinski definition) is 2. The molecule has 1 amide bonds. The normalized spacial score (nSPS) is 21.9. The average molecular weight is 365 g/mol. The number of rotatable bonds is 4. The van der Waals surface area contributed by atoms with E-state index in [1.807, 2.05) is 0 Å². The summed E-state index contributed by atoms with van der Waals surface area (Å²) in [4.78, 5) is 14.2. The quantitative estimate of drug-likeness (QED) is 0.877. The second-order valence-corrected chi connectivity index (χ2v) is 6.28. The highest BCUT2D eigenvalue weighted by Gasteiger charge is 2.35. The van der Waals surface area contributed by atoms with Crippen LogP contribution in [0.5, 0.6) is 0 Å². The number of hydrogen-bond donors (Lipinski definition) is 1. The molecule has 3 nitrogen and oxygen atoms in total. The zero-order valence-corrected chi connectivity index (χ0v) is 14.7. The maximum absolute atomic E-state index is 12.8. The van der Waals surface area contributed by atoms with Gasteiger partial charge < -0.3 is 10.6 Å². The minimum atomic E-state index is -4.38. The lowest BCUT2D eigenvalue weighted by Gasteiger charge is -2.30. The molecule has 1 unspecified atom stereocenters. The molecule has 24 heavy (non-hydrogen) atoms. The third-order valence-corrected chi connectivity index (χ3v) is 4.90. The smallest absolute Gasteiger partial charge is 0.339 e. The van der Waals surface area contributed by atoms with Crippen molar-refractivity contribution in [1.82, 2.24) is 4.90 Å². The van der Waals surface area contributed by atoms with E-state index in [9.17, 15) is 18.0 Å². The second-order valence-electron chi connectivity index (χ2n) is 6.28. The predicted octanol–water partition coefficient (Wildman–Crippen LogP) is 4.02. The summed E-state index contributed by atoms with van der Waals surface area (Å²) in [5.74, 6) is 0.0415. The highest BCUT2D eigenvalue weighted by atomic mass is 35.5. The summed E-state index contributed by atoms with van der Waals surface area (Å²) in [6.07, 6.45) is -1.66. The summed E-state index contributed by atoms with van der Waals surface area (Å²) in [6.45, 7) is 2.22. The Bertz CT molecular complexity index is 565. The first-order valence-corrected chi connectivity index (χ1v) is 7.89. The van der Waals surface area contributed by atoms with E-state index in [1.54, 1.807) is 24.9 Å². The largest absolute Gasteiger partial charge is 0.416 e. The molecule has 0 aromatic heterocycles. The number of benzene rings is 1. The van der Waals surface area contributed by atoms with Gasteiger partial charge in [0.15, 0.2) is 0 Å². The summed E-state index contributed by atoms with van der Waals surface area (Å²) in [5, 5.41) is 0. The predicted molar refractivity (Wildman–Crippen MR) is 89.8 cm³/mol. The molecule has 0 saturated heterocycles. The van der Waals surface area contributed by atoms with Gasteiger partial charge in [0.05, 0.1) is 11.6 Å². The van der Waals surface area contributed by atoms with Crippen molar-refractivity contribution >= 4 is 18.3 Å². The third kappa shape index (κ3) is 4.42. The summed E-state index contributed by atoms with van der Waals surface area (Å²) < 4.78 is 38.5. The first-order chi connectivity index (χ1) is 10.8. The average Bonchev–Trinajstić information content (AvgIpc) is 3.00. The Balaban J connectivity index is 0.00000288. The fourth-order valence-corrected chi connectivity index (χ4v) is 3.29. The zero-order chi connectivity index (χ0) is 17.2. The van der Waals surface area contributed by atoms with Crippen LogP contribution in [0.4, 0.5) is 13.2 Å². The first-order valence-electron chi connectivity index (χ1n) is 7.89. The minimum absolute atomic E-state index is 0. The number of alkyl halides is 3. The van der Waals surface area contributed by atoms with Gasteiger partial charge in [0.25, 0.3) is 0 Å². The highest BCUT2D eigenvalue weighted by molar-refractivity contribution is 5.85. The van der Waals surface area contributed by atoms with Gasteiger partial charge in [0, 0.05) is 13.0 Å². The molecule has 136 valence electrons. The van der Waals surface area contributed by atoms with Gasteiger partial charge in [-0.2, -0.15) is 13.2 Å². The van der Waals surface area contributed by atoms with E-state index in [1.165, 1.54) is 6.07 Å². The van der Waals surface area contributed by atoms with Crippen LogP contribution < -0.4 is 5.73 Å². The van der Waals surface area contributed by atoms with Gasteiger partial charge in [-0.25, -0.2) is 0 Å². The molecule has 7 heteroatoms. The lowest BCUT2D eigenvalue weighted by atomic mass is 9.93. The van der Waals surface area contributed by atoms with Gasteiger partial charge in [-0.15, -0.1) is 12.4 Å². The van der Waals surface area contributed by atoms with Crippen LogP contribution in [0.1, 0.15) is 43.4 Å². The topological polar surface area (TPSA) is 46.3 Å². The number of carbonyl (C=O) groups excluding carboxylic acids is 1.